The molecule has 0 spiro atoms. The number of carbonyl (C=O) groups excluding carboxylic acids is 2. The second-order valence-corrected chi connectivity index (χ2v) is 11.7. The minimum Gasteiger partial charge on any atom is -0.504 e. The highest BCUT2D eigenvalue weighted by molar-refractivity contribution is 5.87. The second-order valence-electron chi connectivity index (χ2n) is 11.7. The first-order chi connectivity index (χ1) is 25.0. The lowest BCUT2D eigenvalue weighted by molar-refractivity contribution is -0.143. The zero-order chi connectivity index (χ0) is 37.6. The van der Waals surface area contributed by atoms with Crippen LogP contribution in [-0.2, 0) is 31.9 Å². The summed E-state index contributed by atoms with van der Waals surface area (Å²) >= 11 is 0. The van der Waals surface area contributed by atoms with E-state index in [4.69, 9.17) is 28.4 Å². The lowest BCUT2D eigenvalue weighted by Gasteiger charge is -2.27. The molecule has 0 aliphatic carbocycles. The van der Waals surface area contributed by atoms with Gasteiger partial charge in [0.15, 0.2) is 46.0 Å². The number of esters is 2. The average molecular weight is 715 g/mol. The maximum absolute atomic E-state index is 13.0. The number of hydrogen-bond donors (Lipinski definition) is 4. The number of carbonyl (C=O) groups is 2. The van der Waals surface area contributed by atoms with Crippen LogP contribution in [0.15, 0.2) is 84.9 Å². The Kier molecular flexibility index (Phi) is 13.8. The van der Waals surface area contributed by atoms with Gasteiger partial charge in [-0.05, 0) is 95.8 Å². The molecule has 12 heteroatoms. The molecule has 274 valence electrons. The van der Waals surface area contributed by atoms with Crippen LogP contribution in [-0.4, -0.2) is 74.0 Å². The van der Waals surface area contributed by atoms with Crippen LogP contribution in [0.4, 0.5) is 0 Å². The van der Waals surface area contributed by atoms with Crippen molar-refractivity contribution in [3.8, 4) is 46.0 Å². The van der Waals surface area contributed by atoms with Crippen LogP contribution < -0.4 is 18.9 Å². The van der Waals surface area contributed by atoms with Crippen LogP contribution in [0.1, 0.15) is 22.3 Å². The molecule has 4 aromatic rings. The summed E-state index contributed by atoms with van der Waals surface area (Å²) in [4.78, 5) is 26.0. The highest BCUT2D eigenvalue weighted by atomic mass is 16.5. The second kappa shape index (κ2) is 18.6. The van der Waals surface area contributed by atoms with E-state index >= 15 is 0 Å². The topological polar surface area (TPSA) is 170 Å². The van der Waals surface area contributed by atoms with Crippen molar-refractivity contribution in [2.24, 2.45) is 11.8 Å². The van der Waals surface area contributed by atoms with Gasteiger partial charge in [-0.25, -0.2) is 9.59 Å². The number of benzene rings is 4. The van der Waals surface area contributed by atoms with Crippen molar-refractivity contribution in [1.29, 1.82) is 0 Å². The lowest BCUT2D eigenvalue weighted by Crippen LogP contribution is -2.30. The predicted molar refractivity (Wildman–Crippen MR) is 193 cm³/mol. The van der Waals surface area contributed by atoms with Crippen LogP contribution in [0, 0.1) is 11.8 Å². The molecule has 4 aromatic carbocycles. The van der Waals surface area contributed by atoms with E-state index in [1.54, 1.807) is 48.5 Å². The van der Waals surface area contributed by atoms with Gasteiger partial charge in [-0.15, -0.1) is 0 Å². The molecule has 0 bridgehead atoms. The minimum absolute atomic E-state index is 0.0370. The van der Waals surface area contributed by atoms with Crippen LogP contribution in [0.5, 0.6) is 46.0 Å². The van der Waals surface area contributed by atoms with E-state index in [9.17, 15) is 30.0 Å². The normalized spacial score (nSPS) is 12.3. The maximum atomic E-state index is 13.0. The molecule has 12 nitrogen and oxygen atoms in total. The van der Waals surface area contributed by atoms with Crippen molar-refractivity contribution < 1.29 is 58.4 Å². The summed E-state index contributed by atoms with van der Waals surface area (Å²) in [7, 11) is 5.73. The highest BCUT2D eigenvalue weighted by Crippen LogP contribution is 2.33. The van der Waals surface area contributed by atoms with E-state index in [-0.39, 0.29) is 59.2 Å². The predicted octanol–water partition coefficient (Wildman–Crippen LogP) is 6.07. The molecular formula is C40H42O12. The molecule has 0 amide bonds. The molecule has 0 radical (unpaired) electrons. The van der Waals surface area contributed by atoms with Crippen LogP contribution in [0.25, 0.3) is 12.2 Å². The van der Waals surface area contributed by atoms with Gasteiger partial charge in [-0.2, -0.15) is 0 Å². The Labute approximate surface area is 301 Å². The number of rotatable bonds is 17. The van der Waals surface area contributed by atoms with E-state index in [0.717, 1.165) is 11.1 Å². The fourth-order valence-electron chi connectivity index (χ4n) is 5.43. The third-order valence-corrected chi connectivity index (χ3v) is 8.26. The summed E-state index contributed by atoms with van der Waals surface area (Å²) in [6.45, 7) is -0.155. The van der Waals surface area contributed by atoms with Gasteiger partial charge < -0.3 is 48.8 Å². The summed E-state index contributed by atoms with van der Waals surface area (Å²) in [5, 5.41) is 40.2. The summed E-state index contributed by atoms with van der Waals surface area (Å²) in [5.74, 6) is -1.24. The van der Waals surface area contributed by atoms with Gasteiger partial charge in [-0.1, -0.05) is 24.3 Å². The summed E-state index contributed by atoms with van der Waals surface area (Å²) in [6, 6.07) is 19.1. The number of methoxy groups -OCH3 is 4. The standard InChI is InChI=1S/C40H42O12/c1-47-35-19-25(5-11-31(35)41)9-15-39(45)51-23-29(17-27-7-13-33(43)37(21-27)49-3)30(18-28-8-14-34(44)38(22-28)50-4)24-52-40(46)16-10-26-6-12-32(42)36(20-26)48-2/h5-16,19-22,29-30,41-44H,17-18,23-24H2,1-4H3. The van der Waals surface area contributed by atoms with E-state index in [0.29, 0.717) is 24.0 Å². The Hall–Kier alpha value is -6.30. The molecule has 4 N–H and O–H groups in total. The Morgan fingerprint density at radius 2 is 0.846 bits per heavy atom. The molecule has 2 unspecified atom stereocenters. The van der Waals surface area contributed by atoms with Crippen molar-refractivity contribution in [1.82, 2.24) is 0 Å². The first kappa shape index (κ1) is 38.5. The largest absolute Gasteiger partial charge is 0.504 e. The SMILES string of the molecule is COc1cc(C=CC(=O)OCC(Cc2ccc(O)c(OC)c2)C(COC(=O)C=Cc2ccc(O)c(OC)c2)Cc2ccc(O)c(OC)c2)ccc1O. The maximum Gasteiger partial charge on any atom is 0.330 e. The Balaban J connectivity index is 1.61. The zero-order valence-corrected chi connectivity index (χ0v) is 29.3. The smallest absolute Gasteiger partial charge is 0.330 e. The summed E-state index contributed by atoms with van der Waals surface area (Å²) in [5.41, 5.74) is 2.74. The summed E-state index contributed by atoms with van der Waals surface area (Å²) in [6.07, 6.45) is 6.25. The van der Waals surface area contributed by atoms with E-state index in [1.165, 1.54) is 77.0 Å². The monoisotopic (exact) mass is 714 g/mol. The zero-order valence-electron chi connectivity index (χ0n) is 29.3. The van der Waals surface area contributed by atoms with E-state index in [2.05, 4.69) is 0 Å². The van der Waals surface area contributed by atoms with Gasteiger partial charge in [0.05, 0.1) is 41.7 Å². The molecule has 52 heavy (non-hydrogen) atoms. The van der Waals surface area contributed by atoms with Gasteiger partial charge in [-0.3, -0.25) is 0 Å². The van der Waals surface area contributed by atoms with Gasteiger partial charge in [0.1, 0.15) is 0 Å². The van der Waals surface area contributed by atoms with Crippen molar-refractivity contribution in [2.45, 2.75) is 12.8 Å². The molecule has 0 heterocycles. The molecular weight excluding hydrogens is 672 g/mol. The molecule has 0 aliphatic rings. The molecule has 4 rings (SSSR count). The summed E-state index contributed by atoms with van der Waals surface area (Å²) < 4.78 is 32.4. The first-order valence-electron chi connectivity index (χ1n) is 16.2. The molecule has 0 fully saturated rings. The molecule has 0 saturated heterocycles. The fourth-order valence-corrected chi connectivity index (χ4v) is 5.43. The van der Waals surface area contributed by atoms with Crippen LogP contribution in [0.2, 0.25) is 0 Å². The minimum atomic E-state index is -0.630. The Morgan fingerprint density at radius 1 is 0.519 bits per heavy atom. The highest BCUT2D eigenvalue weighted by Gasteiger charge is 2.26. The number of hydrogen-bond acceptors (Lipinski definition) is 12. The van der Waals surface area contributed by atoms with Crippen molar-refractivity contribution in [3.05, 3.63) is 107 Å². The lowest BCUT2D eigenvalue weighted by atomic mass is 9.83. The molecule has 0 aliphatic heterocycles. The third-order valence-electron chi connectivity index (χ3n) is 8.26. The van der Waals surface area contributed by atoms with E-state index < -0.39 is 23.8 Å². The quantitative estimate of drug-likeness (QED) is 0.0736. The van der Waals surface area contributed by atoms with Gasteiger partial charge in [0.25, 0.3) is 0 Å². The first-order valence-corrected chi connectivity index (χ1v) is 16.2. The van der Waals surface area contributed by atoms with Crippen molar-refractivity contribution in [2.75, 3.05) is 41.7 Å². The number of aromatic hydroxyl groups is 4. The average Bonchev–Trinajstić information content (AvgIpc) is 3.15. The van der Waals surface area contributed by atoms with Crippen molar-refractivity contribution >= 4 is 24.1 Å². The van der Waals surface area contributed by atoms with E-state index in [1.807, 2.05) is 0 Å². The Morgan fingerprint density at radius 3 is 1.19 bits per heavy atom. The van der Waals surface area contributed by atoms with Gasteiger partial charge in [0, 0.05) is 24.0 Å². The van der Waals surface area contributed by atoms with Crippen molar-refractivity contribution in [3.63, 3.8) is 0 Å². The van der Waals surface area contributed by atoms with Crippen LogP contribution >= 0.6 is 0 Å². The van der Waals surface area contributed by atoms with Crippen LogP contribution in [0.3, 0.4) is 0 Å². The van der Waals surface area contributed by atoms with Gasteiger partial charge >= 0.3 is 11.9 Å². The van der Waals surface area contributed by atoms with Gasteiger partial charge in [0.2, 0.25) is 0 Å². The Bertz CT molecular complexity index is 1760. The number of phenolic OH excluding ortho intramolecular Hbond substituents is 4. The number of phenols is 4. The number of ether oxygens (including phenoxy) is 6. The molecule has 0 saturated carbocycles. The third kappa shape index (κ3) is 10.8. The molecule has 0 aromatic heterocycles. The molecule has 2 atom stereocenters. The fraction of sp³-hybridized carbons (Fsp3) is 0.250.